The highest BCUT2D eigenvalue weighted by molar-refractivity contribution is 9.11. The monoisotopic (exact) mass is 529 g/mol. The van der Waals surface area contributed by atoms with Crippen LogP contribution in [0.3, 0.4) is 0 Å². The second kappa shape index (κ2) is 8.82. The van der Waals surface area contributed by atoms with Crippen LogP contribution < -0.4 is 4.72 Å². The molecule has 0 spiro atoms. The molecule has 2 heterocycles. The molecule has 1 aromatic carbocycles. The lowest BCUT2D eigenvalue weighted by atomic mass is 9.93. The number of halogens is 1. The smallest absolute Gasteiger partial charge is 0.410 e. The SMILES string of the molecule is CN(C)C1(NS(=O)(=O)c2ccc(Br)s2)CN(C(=O)OC(C)(C)C)CCc2ccccc21. The Morgan fingerprint density at radius 3 is 2.48 bits per heavy atom. The molecular formula is C21H28BrN3O4S2. The zero-order valence-electron chi connectivity index (χ0n) is 18.3. The number of carbonyl (C=O) groups is 1. The minimum Gasteiger partial charge on any atom is -0.444 e. The van der Waals surface area contributed by atoms with Crippen molar-refractivity contribution in [2.75, 3.05) is 27.2 Å². The van der Waals surface area contributed by atoms with E-state index >= 15 is 0 Å². The van der Waals surface area contributed by atoms with Crippen LogP contribution in [0.5, 0.6) is 0 Å². The number of hydrogen-bond donors (Lipinski definition) is 1. The lowest BCUT2D eigenvalue weighted by molar-refractivity contribution is 0.00956. The van der Waals surface area contributed by atoms with Gasteiger partial charge in [-0.15, -0.1) is 11.3 Å². The van der Waals surface area contributed by atoms with Crippen LogP contribution in [-0.4, -0.2) is 57.1 Å². The Bertz CT molecular complexity index is 1060. The van der Waals surface area contributed by atoms with Gasteiger partial charge in [-0.25, -0.2) is 13.2 Å². The Kier molecular flexibility index (Phi) is 6.88. The molecule has 1 amide bonds. The van der Waals surface area contributed by atoms with Gasteiger partial charge in [0.1, 0.15) is 15.5 Å². The maximum absolute atomic E-state index is 13.4. The quantitative estimate of drug-likeness (QED) is 0.605. The maximum Gasteiger partial charge on any atom is 0.410 e. The molecule has 0 fully saturated rings. The summed E-state index contributed by atoms with van der Waals surface area (Å²) in [6, 6.07) is 11.0. The van der Waals surface area contributed by atoms with E-state index in [9.17, 15) is 13.2 Å². The number of carbonyl (C=O) groups excluding carboxylic acids is 1. The van der Waals surface area contributed by atoms with Crippen molar-refractivity contribution >= 4 is 43.4 Å². The third-order valence-corrected chi connectivity index (χ3v) is 8.66. The number of nitrogens with zero attached hydrogens (tertiary/aromatic N) is 2. The minimum absolute atomic E-state index is 0.109. The molecular weight excluding hydrogens is 502 g/mol. The van der Waals surface area contributed by atoms with E-state index < -0.39 is 27.4 Å². The molecule has 10 heteroatoms. The van der Waals surface area contributed by atoms with Crippen molar-refractivity contribution in [3.63, 3.8) is 0 Å². The summed E-state index contributed by atoms with van der Waals surface area (Å²) in [6.45, 7) is 5.97. The molecule has 0 saturated carbocycles. The Morgan fingerprint density at radius 2 is 1.90 bits per heavy atom. The van der Waals surface area contributed by atoms with E-state index in [-0.39, 0.29) is 10.8 Å². The summed E-state index contributed by atoms with van der Waals surface area (Å²) in [5, 5.41) is 0. The Hall–Kier alpha value is -1.46. The van der Waals surface area contributed by atoms with Crippen molar-refractivity contribution in [2.45, 2.75) is 42.7 Å². The van der Waals surface area contributed by atoms with E-state index in [0.29, 0.717) is 13.0 Å². The fraction of sp³-hybridized carbons (Fsp3) is 0.476. The number of thiophene rings is 1. The first-order valence-electron chi connectivity index (χ1n) is 9.87. The van der Waals surface area contributed by atoms with Gasteiger partial charge in [0, 0.05) is 6.54 Å². The standard InChI is InChI=1S/C21H28BrN3O4S2/c1-20(2,3)29-19(26)25-13-12-15-8-6-7-9-16(15)21(14-25,24(4)5)23-31(27,28)18-11-10-17(22)30-18/h6-11,23H,12-14H2,1-5H3. The molecule has 170 valence electrons. The normalized spacial score (nSPS) is 19.8. The van der Waals surface area contributed by atoms with Crippen LogP contribution in [0.1, 0.15) is 31.9 Å². The van der Waals surface area contributed by atoms with Gasteiger partial charge in [-0.3, -0.25) is 4.90 Å². The van der Waals surface area contributed by atoms with Crippen LogP contribution in [-0.2, 0) is 26.8 Å². The molecule has 1 atom stereocenters. The summed E-state index contributed by atoms with van der Waals surface area (Å²) in [5.74, 6) is 0. The topological polar surface area (TPSA) is 79.0 Å². The summed E-state index contributed by atoms with van der Waals surface area (Å²) in [6.07, 6.45) is 0.127. The summed E-state index contributed by atoms with van der Waals surface area (Å²) in [4.78, 5) is 16.4. The lowest BCUT2D eigenvalue weighted by Gasteiger charge is -2.42. The van der Waals surface area contributed by atoms with E-state index in [1.54, 1.807) is 17.0 Å². The van der Waals surface area contributed by atoms with Crippen molar-refractivity contribution in [3.8, 4) is 0 Å². The number of sulfonamides is 1. The first-order valence-corrected chi connectivity index (χ1v) is 13.0. The largest absolute Gasteiger partial charge is 0.444 e. The Balaban J connectivity index is 2.10. The van der Waals surface area contributed by atoms with Crippen molar-refractivity contribution in [1.82, 2.24) is 14.5 Å². The summed E-state index contributed by atoms with van der Waals surface area (Å²) < 4.78 is 36.2. The van der Waals surface area contributed by atoms with E-state index in [4.69, 9.17) is 4.74 Å². The van der Waals surface area contributed by atoms with Gasteiger partial charge in [0.05, 0.1) is 10.3 Å². The molecule has 0 radical (unpaired) electrons. The van der Waals surface area contributed by atoms with E-state index in [1.165, 1.54) is 0 Å². The van der Waals surface area contributed by atoms with Crippen molar-refractivity contribution in [2.24, 2.45) is 0 Å². The fourth-order valence-electron chi connectivity index (χ4n) is 3.60. The van der Waals surface area contributed by atoms with Gasteiger partial charge in [-0.1, -0.05) is 24.3 Å². The molecule has 0 aliphatic carbocycles. The number of ether oxygens (including phenoxy) is 1. The van der Waals surface area contributed by atoms with Crippen LogP contribution in [0.15, 0.2) is 44.4 Å². The van der Waals surface area contributed by atoms with E-state index in [1.807, 2.05) is 64.0 Å². The third-order valence-electron chi connectivity index (χ3n) is 5.07. The van der Waals surface area contributed by atoms with Crippen molar-refractivity contribution in [1.29, 1.82) is 0 Å². The van der Waals surface area contributed by atoms with Crippen molar-refractivity contribution < 1.29 is 17.9 Å². The van der Waals surface area contributed by atoms with Crippen LogP contribution >= 0.6 is 27.3 Å². The Morgan fingerprint density at radius 1 is 1.23 bits per heavy atom. The predicted molar refractivity (Wildman–Crippen MR) is 126 cm³/mol. The number of nitrogens with one attached hydrogen (secondary N) is 1. The molecule has 0 bridgehead atoms. The number of benzene rings is 1. The highest BCUT2D eigenvalue weighted by atomic mass is 79.9. The molecule has 1 aliphatic rings. The average molecular weight is 531 g/mol. The Labute approximate surface area is 196 Å². The highest BCUT2D eigenvalue weighted by Gasteiger charge is 2.45. The summed E-state index contributed by atoms with van der Waals surface area (Å²) >= 11 is 4.47. The molecule has 1 N–H and O–H groups in total. The maximum atomic E-state index is 13.4. The highest BCUT2D eigenvalue weighted by Crippen LogP contribution is 2.35. The second-order valence-electron chi connectivity index (χ2n) is 8.73. The van der Waals surface area contributed by atoms with E-state index in [0.717, 1.165) is 26.3 Å². The zero-order chi connectivity index (χ0) is 23.0. The first-order chi connectivity index (χ1) is 14.3. The van der Waals surface area contributed by atoms with Gasteiger partial charge in [0.2, 0.25) is 0 Å². The number of amides is 1. The van der Waals surface area contributed by atoms with Crippen LogP contribution in [0.4, 0.5) is 4.79 Å². The minimum atomic E-state index is -3.87. The molecule has 1 unspecified atom stereocenters. The molecule has 1 aliphatic heterocycles. The number of fused-ring (bicyclic) bond motifs is 1. The van der Waals surface area contributed by atoms with Gasteiger partial charge in [-0.05, 0) is 80.5 Å². The molecule has 3 rings (SSSR count). The molecule has 31 heavy (non-hydrogen) atoms. The van der Waals surface area contributed by atoms with Crippen molar-refractivity contribution in [3.05, 3.63) is 51.3 Å². The number of rotatable bonds is 4. The summed E-state index contributed by atoms with van der Waals surface area (Å²) in [5.41, 5.74) is -0.0124. The van der Waals surface area contributed by atoms with Gasteiger partial charge in [0.25, 0.3) is 10.0 Å². The van der Waals surface area contributed by atoms with Crippen LogP contribution in [0.25, 0.3) is 0 Å². The average Bonchev–Trinajstić information content (AvgIpc) is 3.02. The zero-order valence-corrected chi connectivity index (χ0v) is 21.5. The molecule has 2 aromatic rings. The molecule has 1 aromatic heterocycles. The number of likely N-dealkylation sites (N-methyl/N-ethyl adjacent to an activating group) is 1. The van der Waals surface area contributed by atoms with Gasteiger partial charge < -0.3 is 9.64 Å². The van der Waals surface area contributed by atoms with E-state index in [2.05, 4.69) is 20.7 Å². The number of hydrogen-bond acceptors (Lipinski definition) is 6. The molecule has 0 saturated heterocycles. The van der Waals surface area contributed by atoms with Gasteiger partial charge in [-0.2, -0.15) is 4.72 Å². The van der Waals surface area contributed by atoms with Crippen LogP contribution in [0.2, 0.25) is 0 Å². The summed E-state index contributed by atoms with van der Waals surface area (Å²) in [7, 11) is -0.252. The predicted octanol–water partition coefficient (Wildman–Crippen LogP) is 4.00. The van der Waals surface area contributed by atoms with Crippen LogP contribution in [0, 0.1) is 0 Å². The molecule has 7 nitrogen and oxygen atoms in total. The van der Waals surface area contributed by atoms with Gasteiger partial charge in [0.15, 0.2) is 0 Å². The fourth-order valence-corrected chi connectivity index (χ4v) is 7.02. The lowest BCUT2D eigenvalue weighted by Crippen LogP contribution is -2.61. The third kappa shape index (κ3) is 5.31. The van der Waals surface area contributed by atoms with Gasteiger partial charge >= 0.3 is 6.09 Å². The first kappa shape index (κ1) is 24.2. The second-order valence-corrected chi connectivity index (χ2v) is 13.1.